The molecule has 0 spiro atoms. The maximum absolute atomic E-state index is 11.0. The first-order chi connectivity index (χ1) is 7.83. The number of carbonyl (C=O) groups excluding carboxylic acids is 1. The Hall–Kier alpha value is -1.35. The van der Waals surface area contributed by atoms with Crippen molar-refractivity contribution < 1.29 is 9.53 Å². The number of rotatable bonds is 6. The third-order valence-electron chi connectivity index (χ3n) is 2.22. The molecule has 0 saturated heterocycles. The average molecular weight is 234 g/mol. The molecule has 1 rings (SSSR count). The van der Waals surface area contributed by atoms with Crippen LogP contribution < -0.4 is 0 Å². The van der Waals surface area contributed by atoms with E-state index in [1.54, 1.807) is 6.08 Å². The van der Waals surface area contributed by atoms with E-state index < -0.39 is 0 Å². The lowest BCUT2D eigenvalue weighted by molar-refractivity contribution is -0.137. The molecule has 0 N–H and O–H groups in total. The molecule has 0 heterocycles. The molecule has 0 aromatic heterocycles. The second kappa shape index (κ2) is 7.88. The van der Waals surface area contributed by atoms with Crippen LogP contribution in [-0.2, 0) is 15.6 Å². The van der Waals surface area contributed by atoms with Crippen molar-refractivity contribution in [2.24, 2.45) is 0 Å². The minimum atomic E-state index is -0.226. The molecular weight excluding hydrogens is 216 g/mol. The number of allylic oxidation sites excluding steroid dienone is 1. The summed E-state index contributed by atoms with van der Waals surface area (Å²) in [5, 5.41) is 0. The zero-order valence-electron chi connectivity index (χ0n) is 9.69. The Morgan fingerprint density at radius 2 is 2.12 bits per heavy atom. The topological polar surface area (TPSA) is 26.3 Å². The van der Waals surface area contributed by atoms with Crippen molar-refractivity contribution in [3.63, 3.8) is 0 Å². The summed E-state index contributed by atoms with van der Waals surface area (Å²) in [5.41, 5.74) is 1.40. The number of hydrogen-bond acceptors (Lipinski definition) is 2. The van der Waals surface area contributed by atoms with Gasteiger partial charge < -0.3 is 4.74 Å². The predicted molar refractivity (Wildman–Crippen MR) is 69.3 cm³/mol. The van der Waals surface area contributed by atoms with Gasteiger partial charge >= 0.3 is 5.97 Å². The summed E-state index contributed by atoms with van der Waals surface area (Å²) in [6.45, 7) is 2.26. The summed E-state index contributed by atoms with van der Waals surface area (Å²) in [7, 11) is -0.138. The number of hydrogen-bond donors (Lipinski definition) is 0. The summed E-state index contributed by atoms with van der Waals surface area (Å²) in [6.07, 6.45) is 3.48. The van der Waals surface area contributed by atoms with Crippen molar-refractivity contribution in [2.75, 3.05) is 6.61 Å². The van der Waals surface area contributed by atoms with E-state index in [1.165, 1.54) is 11.6 Å². The average Bonchev–Trinajstić information content (AvgIpc) is 2.30. The Labute approximate surface area is 99.1 Å². The molecule has 2 nitrogen and oxygen atoms in total. The van der Waals surface area contributed by atoms with Crippen LogP contribution in [0.2, 0.25) is 6.04 Å². The lowest BCUT2D eigenvalue weighted by Crippen LogP contribution is -1.99. The Morgan fingerprint density at radius 1 is 1.38 bits per heavy atom. The van der Waals surface area contributed by atoms with Gasteiger partial charge in [-0.25, -0.2) is 4.79 Å². The van der Waals surface area contributed by atoms with Crippen LogP contribution in [0.25, 0.3) is 0 Å². The summed E-state index contributed by atoms with van der Waals surface area (Å²) in [4.78, 5) is 11.0. The van der Waals surface area contributed by atoms with Crippen molar-refractivity contribution in [1.82, 2.24) is 0 Å². The van der Waals surface area contributed by atoms with Crippen molar-refractivity contribution in [3.8, 4) is 0 Å². The molecule has 0 bridgehead atoms. The highest BCUT2D eigenvalue weighted by Crippen LogP contribution is 1.99. The van der Waals surface area contributed by atoms with E-state index in [2.05, 4.69) is 24.3 Å². The summed E-state index contributed by atoms with van der Waals surface area (Å²) < 4.78 is 4.80. The zero-order chi connectivity index (χ0) is 11.6. The molecule has 1 aromatic rings. The normalized spacial score (nSPS) is 11.3. The highest BCUT2D eigenvalue weighted by Gasteiger charge is 1.93. The Balaban J connectivity index is 2.15. The molecule has 86 valence electrons. The second-order valence-electron chi connectivity index (χ2n) is 3.53. The standard InChI is InChI=1S/C13H18O2Si/c1-2-15-13(14)9-6-10-16-11-12-7-4-3-5-8-12/h3-9H,2,10-11,16H2,1H3/b9-6+. The largest absolute Gasteiger partial charge is 0.463 e. The van der Waals surface area contributed by atoms with Gasteiger partial charge in [-0.3, -0.25) is 0 Å². The minimum absolute atomic E-state index is 0.138. The zero-order valence-corrected chi connectivity index (χ0v) is 11.1. The van der Waals surface area contributed by atoms with Gasteiger partial charge in [-0.2, -0.15) is 0 Å². The van der Waals surface area contributed by atoms with Gasteiger partial charge in [0.1, 0.15) is 0 Å². The van der Waals surface area contributed by atoms with Crippen molar-refractivity contribution in [2.45, 2.75) is 19.0 Å². The van der Waals surface area contributed by atoms with E-state index in [-0.39, 0.29) is 15.5 Å². The highest BCUT2D eigenvalue weighted by molar-refractivity contribution is 6.35. The molecule has 0 saturated carbocycles. The van der Waals surface area contributed by atoms with E-state index in [9.17, 15) is 4.79 Å². The Bertz CT molecular complexity index is 333. The molecule has 0 amide bonds. The second-order valence-corrected chi connectivity index (χ2v) is 5.32. The van der Waals surface area contributed by atoms with Crippen molar-refractivity contribution in [1.29, 1.82) is 0 Å². The van der Waals surface area contributed by atoms with Gasteiger partial charge in [-0.1, -0.05) is 42.0 Å². The molecule has 0 aliphatic carbocycles. The van der Waals surface area contributed by atoms with Gasteiger partial charge in [0.2, 0.25) is 0 Å². The van der Waals surface area contributed by atoms with Crippen LogP contribution in [0.4, 0.5) is 0 Å². The Morgan fingerprint density at radius 3 is 2.81 bits per heavy atom. The fourth-order valence-corrected chi connectivity index (χ4v) is 2.79. The quantitative estimate of drug-likeness (QED) is 0.325. The molecule has 0 unspecified atom stereocenters. The minimum Gasteiger partial charge on any atom is -0.463 e. The molecular formula is C13H18O2Si. The van der Waals surface area contributed by atoms with Crippen LogP contribution in [0, 0.1) is 0 Å². The van der Waals surface area contributed by atoms with E-state index in [0.717, 1.165) is 6.04 Å². The van der Waals surface area contributed by atoms with Gasteiger partial charge in [-0.05, 0) is 19.0 Å². The lowest BCUT2D eigenvalue weighted by Gasteiger charge is -1.97. The van der Waals surface area contributed by atoms with Crippen LogP contribution in [0.1, 0.15) is 12.5 Å². The number of benzene rings is 1. The van der Waals surface area contributed by atoms with Crippen molar-refractivity contribution >= 4 is 15.5 Å². The molecule has 0 radical (unpaired) electrons. The lowest BCUT2D eigenvalue weighted by atomic mass is 10.2. The number of esters is 1. The molecule has 1 aromatic carbocycles. The third-order valence-corrected chi connectivity index (χ3v) is 3.89. The first-order valence-corrected chi connectivity index (χ1v) is 7.70. The maximum Gasteiger partial charge on any atom is 0.330 e. The molecule has 0 fully saturated rings. The van der Waals surface area contributed by atoms with Crippen LogP contribution in [0.3, 0.4) is 0 Å². The van der Waals surface area contributed by atoms with Gasteiger partial charge in [0.25, 0.3) is 0 Å². The van der Waals surface area contributed by atoms with Crippen molar-refractivity contribution in [3.05, 3.63) is 48.0 Å². The van der Waals surface area contributed by atoms with Crippen LogP contribution in [0.5, 0.6) is 0 Å². The van der Waals surface area contributed by atoms with Gasteiger partial charge in [0.05, 0.1) is 6.61 Å². The van der Waals surface area contributed by atoms with Crippen LogP contribution >= 0.6 is 0 Å². The first kappa shape index (κ1) is 12.7. The predicted octanol–water partition coefficient (Wildman–Crippen LogP) is 1.89. The molecule has 0 aliphatic rings. The fraction of sp³-hybridized carbons (Fsp3) is 0.308. The fourth-order valence-electron chi connectivity index (χ4n) is 1.44. The third kappa shape index (κ3) is 5.51. The maximum atomic E-state index is 11.0. The number of ether oxygens (including phenoxy) is 1. The van der Waals surface area contributed by atoms with E-state index in [0.29, 0.717) is 6.61 Å². The van der Waals surface area contributed by atoms with Crippen LogP contribution in [0.15, 0.2) is 42.5 Å². The molecule has 16 heavy (non-hydrogen) atoms. The number of carbonyl (C=O) groups is 1. The highest BCUT2D eigenvalue weighted by atomic mass is 28.2. The van der Waals surface area contributed by atoms with Gasteiger partial charge in [0, 0.05) is 15.6 Å². The first-order valence-electron chi connectivity index (χ1n) is 5.70. The Kier molecular flexibility index (Phi) is 6.26. The smallest absolute Gasteiger partial charge is 0.330 e. The SMILES string of the molecule is CCOC(=O)/C=C/C[SiH2]Cc1ccccc1. The van der Waals surface area contributed by atoms with E-state index >= 15 is 0 Å². The monoisotopic (exact) mass is 234 g/mol. The molecule has 3 heteroatoms. The summed E-state index contributed by atoms with van der Waals surface area (Å²) >= 11 is 0. The van der Waals surface area contributed by atoms with Gasteiger partial charge in [-0.15, -0.1) is 0 Å². The molecule has 0 aliphatic heterocycles. The van der Waals surface area contributed by atoms with E-state index in [1.807, 2.05) is 19.1 Å². The summed E-state index contributed by atoms with van der Waals surface area (Å²) in [6, 6.07) is 12.7. The van der Waals surface area contributed by atoms with Crippen LogP contribution in [-0.4, -0.2) is 22.1 Å². The molecule has 0 atom stereocenters. The van der Waals surface area contributed by atoms with Gasteiger partial charge in [0.15, 0.2) is 0 Å². The summed E-state index contributed by atoms with van der Waals surface area (Å²) in [5.74, 6) is -0.226. The van der Waals surface area contributed by atoms with E-state index in [4.69, 9.17) is 4.74 Å².